The summed E-state index contributed by atoms with van der Waals surface area (Å²) >= 11 is 14.9. The fourth-order valence-electron chi connectivity index (χ4n) is 2.52. The number of hydrogen-bond donors (Lipinski definition) is 2. The van der Waals surface area contributed by atoms with Crippen molar-refractivity contribution in [3.63, 3.8) is 0 Å². The van der Waals surface area contributed by atoms with Crippen molar-refractivity contribution >= 4 is 62.2 Å². The molecular weight excluding hydrogens is 400 g/mol. The smallest absolute Gasteiger partial charge is 0.337 e. The van der Waals surface area contributed by atoms with Crippen LogP contribution in [0.5, 0.6) is 0 Å². The van der Waals surface area contributed by atoms with E-state index >= 15 is 0 Å². The van der Waals surface area contributed by atoms with E-state index in [2.05, 4.69) is 27.3 Å². The van der Waals surface area contributed by atoms with Gasteiger partial charge in [0, 0.05) is 22.4 Å². The highest BCUT2D eigenvalue weighted by Gasteiger charge is 2.22. The fraction of sp³-hybridized carbons (Fsp3) is 0.125. The van der Waals surface area contributed by atoms with Crippen LogP contribution >= 0.6 is 39.7 Å². The third-order valence-electron chi connectivity index (χ3n) is 3.64. The van der Waals surface area contributed by atoms with Crippen molar-refractivity contribution in [2.75, 3.05) is 16.8 Å². The fourth-order valence-corrected chi connectivity index (χ4v) is 3.44. The van der Waals surface area contributed by atoms with Gasteiger partial charge in [0.2, 0.25) is 0 Å². The molecule has 0 bridgehead atoms. The number of rotatable bonds is 2. The Morgan fingerprint density at radius 1 is 1.30 bits per heavy atom. The Kier molecular flexibility index (Phi) is 4.57. The summed E-state index contributed by atoms with van der Waals surface area (Å²) in [6, 6.07) is 10.8. The molecule has 1 aliphatic rings. The van der Waals surface area contributed by atoms with Crippen molar-refractivity contribution in [2.45, 2.75) is 6.42 Å². The average molecular weight is 412 g/mol. The van der Waals surface area contributed by atoms with Crippen molar-refractivity contribution in [2.24, 2.45) is 0 Å². The molecule has 0 saturated heterocycles. The quantitative estimate of drug-likeness (QED) is 0.710. The molecule has 7 heteroatoms. The number of carboxylic acids is 1. The number of fused-ring (bicyclic) bond motifs is 1. The van der Waals surface area contributed by atoms with Crippen LogP contribution in [0.1, 0.15) is 15.9 Å². The van der Waals surface area contributed by atoms with Crippen LogP contribution < -0.4 is 10.2 Å². The number of halogens is 2. The molecule has 0 unspecified atom stereocenters. The molecule has 0 radical (unpaired) electrons. The molecule has 1 heterocycles. The normalized spacial score (nSPS) is 12.9. The summed E-state index contributed by atoms with van der Waals surface area (Å²) in [5, 5.41) is 12.9. The molecule has 0 amide bonds. The molecule has 0 aromatic heterocycles. The SMILES string of the molecule is O=C(O)c1ccc(NC(=S)N2CCc3ccc(Br)cc32)cc1Cl. The molecular formula is C16H12BrClN2O2S. The summed E-state index contributed by atoms with van der Waals surface area (Å²) in [5.74, 6) is -1.05. The van der Waals surface area contributed by atoms with Crippen LogP contribution in [-0.4, -0.2) is 22.7 Å². The number of carboxylic acid groups (broad SMARTS) is 1. The number of nitrogens with one attached hydrogen (secondary N) is 1. The van der Waals surface area contributed by atoms with Gasteiger partial charge in [-0.3, -0.25) is 0 Å². The Hall–Kier alpha value is -1.63. The number of aromatic carboxylic acids is 1. The first-order valence-corrected chi connectivity index (χ1v) is 8.43. The molecule has 1 aliphatic heterocycles. The van der Waals surface area contributed by atoms with Gasteiger partial charge < -0.3 is 15.3 Å². The standard InChI is InChI=1S/C16H12BrClN2O2S/c17-10-2-1-9-5-6-20(14(9)7-10)16(23)19-11-3-4-12(15(21)22)13(18)8-11/h1-4,7-8H,5-6H2,(H,19,23)(H,21,22). The number of nitrogens with zero attached hydrogens (tertiary/aromatic N) is 1. The highest BCUT2D eigenvalue weighted by molar-refractivity contribution is 9.10. The second-order valence-corrected chi connectivity index (χ2v) is 6.81. The third-order valence-corrected chi connectivity index (χ3v) is 4.77. The lowest BCUT2D eigenvalue weighted by Gasteiger charge is -2.21. The molecule has 3 rings (SSSR count). The first-order chi connectivity index (χ1) is 11.0. The number of thiocarbonyl (C=S) groups is 1. The van der Waals surface area contributed by atoms with E-state index in [1.165, 1.54) is 11.6 Å². The number of anilines is 2. The molecule has 2 aromatic carbocycles. The minimum Gasteiger partial charge on any atom is -0.478 e. The van der Waals surface area contributed by atoms with Crippen LogP contribution in [0.4, 0.5) is 11.4 Å². The van der Waals surface area contributed by atoms with Crippen LogP contribution in [-0.2, 0) is 6.42 Å². The lowest BCUT2D eigenvalue weighted by Crippen LogP contribution is -2.33. The minimum atomic E-state index is -1.05. The molecule has 0 spiro atoms. The van der Waals surface area contributed by atoms with Gasteiger partial charge in [-0.25, -0.2) is 4.79 Å². The van der Waals surface area contributed by atoms with E-state index in [1.54, 1.807) is 12.1 Å². The van der Waals surface area contributed by atoms with Crippen molar-refractivity contribution in [3.8, 4) is 0 Å². The van der Waals surface area contributed by atoms with E-state index in [9.17, 15) is 4.79 Å². The molecule has 0 saturated carbocycles. The number of hydrogen-bond acceptors (Lipinski definition) is 2. The molecule has 0 fully saturated rings. The Morgan fingerprint density at radius 3 is 2.78 bits per heavy atom. The Morgan fingerprint density at radius 2 is 2.09 bits per heavy atom. The van der Waals surface area contributed by atoms with Crippen molar-refractivity contribution in [1.82, 2.24) is 0 Å². The molecule has 23 heavy (non-hydrogen) atoms. The maximum absolute atomic E-state index is 11.0. The lowest BCUT2D eigenvalue weighted by atomic mass is 10.2. The van der Waals surface area contributed by atoms with E-state index in [0.29, 0.717) is 10.8 Å². The Balaban J connectivity index is 1.80. The summed E-state index contributed by atoms with van der Waals surface area (Å²) in [6.45, 7) is 0.804. The predicted molar refractivity (Wildman–Crippen MR) is 99.8 cm³/mol. The zero-order valence-electron chi connectivity index (χ0n) is 11.8. The summed E-state index contributed by atoms with van der Waals surface area (Å²) in [5.41, 5.74) is 3.05. The van der Waals surface area contributed by atoms with Crippen LogP contribution in [0.15, 0.2) is 40.9 Å². The lowest BCUT2D eigenvalue weighted by molar-refractivity contribution is 0.0697. The van der Waals surface area contributed by atoms with Gasteiger partial charge in [0.25, 0.3) is 0 Å². The van der Waals surface area contributed by atoms with Crippen LogP contribution in [0.2, 0.25) is 5.02 Å². The molecule has 118 valence electrons. The number of benzene rings is 2. The van der Waals surface area contributed by atoms with Gasteiger partial charge in [-0.1, -0.05) is 33.6 Å². The van der Waals surface area contributed by atoms with E-state index in [-0.39, 0.29) is 10.6 Å². The maximum atomic E-state index is 11.0. The second-order valence-electron chi connectivity index (χ2n) is 5.10. The molecule has 0 aliphatic carbocycles. The summed E-state index contributed by atoms with van der Waals surface area (Å²) < 4.78 is 1.000. The van der Waals surface area contributed by atoms with E-state index in [4.69, 9.17) is 28.9 Å². The molecule has 4 nitrogen and oxygen atoms in total. The van der Waals surface area contributed by atoms with Crippen molar-refractivity contribution in [1.29, 1.82) is 0 Å². The Labute approximate surface area is 152 Å². The van der Waals surface area contributed by atoms with Gasteiger partial charge in [0.15, 0.2) is 5.11 Å². The van der Waals surface area contributed by atoms with Gasteiger partial charge in [-0.2, -0.15) is 0 Å². The van der Waals surface area contributed by atoms with E-state index < -0.39 is 5.97 Å². The first kappa shape index (κ1) is 16.2. The first-order valence-electron chi connectivity index (χ1n) is 6.85. The maximum Gasteiger partial charge on any atom is 0.337 e. The minimum absolute atomic E-state index is 0.0681. The third kappa shape index (κ3) is 3.34. The van der Waals surface area contributed by atoms with E-state index in [1.807, 2.05) is 17.0 Å². The van der Waals surface area contributed by atoms with Gasteiger partial charge in [-0.05, 0) is 54.5 Å². The second kappa shape index (κ2) is 6.47. The molecule has 0 atom stereocenters. The van der Waals surface area contributed by atoms with Crippen LogP contribution in [0.3, 0.4) is 0 Å². The summed E-state index contributed by atoms with van der Waals surface area (Å²) in [6.07, 6.45) is 0.934. The highest BCUT2D eigenvalue weighted by Crippen LogP contribution is 2.31. The van der Waals surface area contributed by atoms with Crippen molar-refractivity contribution < 1.29 is 9.90 Å². The zero-order valence-corrected chi connectivity index (χ0v) is 15.0. The monoisotopic (exact) mass is 410 g/mol. The number of carbonyl (C=O) groups is 1. The van der Waals surface area contributed by atoms with Gasteiger partial charge >= 0.3 is 5.97 Å². The molecule has 2 N–H and O–H groups in total. The van der Waals surface area contributed by atoms with Crippen LogP contribution in [0, 0.1) is 0 Å². The summed E-state index contributed by atoms with van der Waals surface area (Å²) in [4.78, 5) is 13.0. The predicted octanol–water partition coefficient (Wildman–Crippen LogP) is 4.56. The van der Waals surface area contributed by atoms with Gasteiger partial charge in [-0.15, -0.1) is 0 Å². The average Bonchev–Trinajstić information content (AvgIpc) is 2.89. The zero-order chi connectivity index (χ0) is 16.6. The molecule has 2 aromatic rings. The van der Waals surface area contributed by atoms with Crippen LogP contribution in [0.25, 0.3) is 0 Å². The van der Waals surface area contributed by atoms with Gasteiger partial charge in [0.05, 0.1) is 10.6 Å². The van der Waals surface area contributed by atoms with Gasteiger partial charge in [0.1, 0.15) is 0 Å². The summed E-state index contributed by atoms with van der Waals surface area (Å²) in [7, 11) is 0. The topological polar surface area (TPSA) is 52.6 Å². The Bertz CT molecular complexity index is 813. The highest BCUT2D eigenvalue weighted by atomic mass is 79.9. The van der Waals surface area contributed by atoms with E-state index in [0.717, 1.165) is 23.1 Å². The van der Waals surface area contributed by atoms with Crippen molar-refractivity contribution in [3.05, 3.63) is 57.0 Å². The largest absolute Gasteiger partial charge is 0.478 e.